The van der Waals surface area contributed by atoms with Crippen molar-refractivity contribution in [2.75, 3.05) is 5.32 Å². The van der Waals surface area contributed by atoms with Gasteiger partial charge in [-0.2, -0.15) is 0 Å². The molecular formula is C17H17IN2O2S. The Balaban J connectivity index is 1.96. The van der Waals surface area contributed by atoms with Crippen molar-refractivity contribution in [3.05, 3.63) is 49.4 Å². The lowest BCUT2D eigenvalue weighted by molar-refractivity contribution is 0.1000. The Morgan fingerprint density at radius 1 is 1.35 bits per heavy atom. The summed E-state index contributed by atoms with van der Waals surface area (Å²) in [6.07, 6.45) is 2.84. The molecule has 0 saturated carbocycles. The number of hydrogen-bond donors (Lipinski definition) is 2. The van der Waals surface area contributed by atoms with E-state index in [1.54, 1.807) is 6.07 Å². The first-order valence-electron chi connectivity index (χ1n) is 7.47. The summed E-state index contributed by atoms with van der Waals surface area (Å²) in [5.41, 5.74) is 7.70. The topological polar surface area (TPSA) is 72.2 Å². The van der Waals surface area contributed by atoms with Gasteiger partial charge in [0.05, 0.1) is 11.1 Å². The van der Waals surface area contributed by atoms with Gasteiger partial charge in [0.15, 0.2) is 0 Å². The number of anilines is 1. The largest absolute Gasteiger partial charge is 0.365 e. The van der Waals surface area contributed by atoms with Crippen molar-refractivity contribution in [3.63, 3.8) is 0 Å². The van der Waals surface area contributed by atoms with Gasteiger partial charge in [-0.1, -0.05) is 19.1 Å². The molecule has 1 aromatic carbocycles. The average molecular weight is 440 g/mol. The molecule has 120 valence electrons. The number of benzene rings is 1. The van der Waals surface area contributed by atoms with E-state index < -0.39 is 5.91 Å². The minimum Gasteiger partial charge on any atom is -0.365 e. The number of nitrogens with one attached hydrogen (secondary N) is 1. The van der Waals surface area contributed by atoms with Gasteiger partial charge in [-0.15, -0.1) is 11.3 Å². The smallest absolute Gasteiger partial charge is 0.257 e. The molecule has 2 amide bonds. The summed E-state index contributed by atoms with van der Waals surface area (Å²) in [5.74, 6) is -0.0697. The SMILES string of the molecule is C[C@@H]1CCc2c(sc(NC(=O)c3ccccc3I)c2C(N)=O)C1. The quantitative estimate of drug-likeness (QED) is 0.713. The van der Waals surface area contributed by atoms with Crippen LogP contribution >= 0.6 is 33.9 Å². The van der Waals surface area contributed by atoms with E-state index in [1.807, 2.05) is 18.2 Å². The van der Waals surface area contributed by atoms with Gasteiger partial charge in [-0.3, -0.25) is 9.59 Å². The number of fused-ring (bicyclic) bond motifs is 1. The molecule has 1 aliphatic carbocycles. The average Bonchev–Trinajstić information content (AvgIpc) is 2.84. The zero-order valence-electron chi connectivity index (χ0n) is 12.7. The molecule has 1 heterocycles. The highest BCUT2D eigenvalue weighted by molar-refractivity contribution is 14.1. The van der Waals surface area contributed by atoms with Gasteiger partial charge in [-0.05, 0) is 65.5 Å². The Bertz CT molecular complexity index is 785. The number of amides is 2. The Morgan fingerprint density at radius 2 is 2.09 bits per heavy atom. The Morgan fingerprint density at radius 3 is 2.78 bits per heavy atom. The number of carbonyl (C=O) groups excluding carboxylic acids is 2. The second-order valence-electron chi connectivity index (χ2n) is 5.85. The zero-order chi connectivity index (χ0) is 16.6. The molecule has 0 fully saturated rings. The molecule has 23 heavy (non-hydrogen) atoms. The van der Waals surface area contributed by atoms with Crippen LogP contribution in [0.2, 0.25) is 0 Å². The van der Waals surface area contributed by atoms with Crippen LogP contribution in [0.1, 0.15) is 44.5 Å². The van der Waals surface area contributed by atoms with Crippen LogP contribution in [0.3, 0.4) is 0 Å². The van der Waals surface area contributed by atoms with Gasteiger partial charge in [0.2, 0.25) is 0 Å². The van der Waals surface area contributed by atoms with Crippen molar-refractivity contribution in [1.82, 2.24) is 0 Å². The maximum absolute atomic E-state index is 12.5. The molecule has 0 aliphatic heterocycles. The maximum atomic E-state index is 12.5. The molecule has 1 aromatic heterocycles. The summed E-state index contributed by atoms with van der Waals surface area (Å²) < 4.78 is 0.873. The van der Waals surface area contributed by atoms with Crippen molar-refractivity contribution in [1.29, 1.82) is 0 Å². The van der Waals surface area contributed by atoms with Crippen LogP contribution in [0.25, 0.3) is 0 Å². The Kier molecular flexibility index (Phi) is 4.72. The molecule has 3 rings (SSSR count). The first-order chi connectivity index (χ1) is 11.0. The third-order valence-corrected chi connectivity index (χ3v) is 6.21. The minimum atomic E-state index is -0.463. The number of primary amides is 1. The highest BCUT2D eigenvalue weighted by Gasteiger charge is 2.27. The highest BCUT2D eigenvalue weighted by Crippen LogP contribution is 2.39. The molecule has 1 aliphatic rings. The van der Waals surface area contributed by atoms with Crippen molar-refractivity contribution in [3.8, 4) is 0 Å². The predicted octanol–water partition coefficient (Wildman–Crippen LogP) is 3.83. The summed E-state index contributed by atoms with van der Waals surface area (Å²) in [5, 5.41) is 3.48. The number of rotatable bonds is 3. The number of hydrogen-bond acceptors (Lipinski definition) is 3. The Labute approximate surface area is 152 Å². The summed E-state index contributed by atoms with van der Waals surface area (Å²) in [6, 6.07) is 7.37. The van der Waals surface area contributed by atoms with Gasteiger partial charge in [-0.25, -0.2) is 0 Å². The van der Waals surface area contributed by atoms with Crippen LogP contribution in [0, 0.1) is 9.49 Å². The van der Waals surface area contributed by atoms with E-state index in [0.717, 1.165) is 28.4 Å². The third-order valence-electron chi connectivity index (χ3n) is 4.10. The van der Waals surface area contributed by atoms with Crippen molar-refractivity contribution >= 4 is 50.7 Å². The minimum absolute atomic E-state index is 0.204. The lowest BCUT2D eigenvalue weighted by atomic mass is 9.88. The molecule has 1 atom stereocenters. The molecule has 3 N–H and O–H groups in total. The third kappa shape index (κ3) is 3.28. The molecule has 0 radical (unpaired) electrons. The number of thiophene rings is 1. The lowest BCUT2D eigenvalue weighted by Gasteiger charge is -2.18. The van der Waals surface area contributed by atoms with Gasteiger partial charge in [0.1, 0.15) is 5.00 Å². The molecule has 2 aromatic rings. The molecule has 4 nitrogen and oxygen atoms in total. The van der Waals surface area contributed by atoms with Crippen LogP contribution in [0.4, 0.5) is 5.00 Å². The molecule has 0 bridgehead atoms. The summed E-state index contributed by atoms with van der Waals surface area (Å²) >= 11 is 3.62. The zero-order valence-corrected chi connectivity index (χ0v) is 15.7. The number of halogens is 1. The van der Waals surface area contributed by atoms with Crippen LogP contribution in [-0.4, -0.2) is 11.8 Å². The standard InChI is InChI=1S/C17H17IN2O2S/c1-9-6-7-11-13(8-9)23-17(14(11)15(19)21)20-16(22)10-4-2-3-5-12(10)18/h2-5,9H,6-8H2,1H3,(H2,19,21)(H,20,22)/t9-/m1/s1. The van der Waals surface area contributed by atoms with Gasteiger partial charge in [0.25, 0.3) is 11.8 Å². The van der Waals surface area contributed by atoms with E-state index in [0.29, 0.717) is 22.0 Å². The molecule has 0 spiro atoms. The predicted molar refractivity (Wildman–Crippen MR) is 101 cm³/mol. The monoisotopic (exact) mass is 440 g/mol. The maximum Gasteiger partial charge on any atom is 0.257 e. The number of nitrogens with two attached hydrogens (primary N) is 1. The van der Waals surface area contributed by atoms with Crippen LogP contribution in [0.5, 0.6) is 0 Å². The number of carbonyl (C=O) groups is 2. The first kappa shape index (κ1) is 16.4. The van der Waals surface area contributed by atoms with Gasteiger partial charge in [0, 0.05) is 8.45 Å². The summed E-state index contributed by atoms with van der Waals surface area (Å²) in [7, 11) is 0. The van der Waals surface area contributed by atoms with Gasteiger partial charge < -0.3 is 11.1 Å². The van der Waals surface area contributed by atoms with E-state index in [1.165, 1.54) is 16.2 Å². The fraction of sp³-hybridized carbons (Fsp3) is 0.294. The molecular weight excluding hydrogens is 423 g/mol. The van der Waals surface area contributed by atoms with Gasteiger partial charge >= 0.3 is 0 Å². The summed E-state index contributed by atoms with van der Waals surface area (Å²) in [6.45, 7) is 2.21. The summed E-state index contributed by atoms with van der Waals surface area (Å²) in [4.78, 5) is 25.6. The second-order valence-corrected chi connectivity index (χ2v) is 8.12. The molecule has 0 unspecified atom stereocenters. The van der Waals surface area contributed by atoms with E-state index in [-0.39, 0.29) is 5.91 Å². The first-order valence-corrected chi connectivity index (χ1v) is 9.37. The Hall–Kier alpha value is -1.41. The van der Waals surface area contributed by atoms with E-state index in [2.05, 4.69) is 34.8 Å². The molecule has 6 heteroatoms. The normalized spacial score (nSPS) is 16.7. The van der Waals surface area contributed by atoms with Crippen LogP contribution in [-0.2, 0) is 12.8 Å². The van der Waals surface area contributed by atoms with Crippen LogP contribution in [0.15, 0.2) is 24.3 Å². The fourth-order valence-corrected chi connectivity index (χ4v) is 4.96. The van der Waals surface area contributed by atoms with E-state index in [9.17, 15) is 9.59 Å². The van der Waals surface area contributed by atoms with Crippen molar-refractivity contribution < 1.29 is 9.59 Å². The van der Waals surface area contributed by atoms with E-state index in [4.69, 9.17) is 5.73 Å². The van der Waals surface area contributed by atoms with Crippen molar-refractivity contribution in [2.45, 2.75) is 26.2 Å². The van der Waals surface area contributed by atoms with Crippen LogP contribution < -0.4 is 11.1 Å². The highest BCUT2D eigenvalue weighted by atomic mass is 127. The lowest BCUT2D eigenvalue weighted by Crippen LogP contribution is -2.19. The van der Waals surface area contributed by atoms with E-state index >= 15 is 0 Å². The second kappa shape index (κ2) is 6.60. The molecule has 0 saturated heterocycles. The van der Waals surface area contributed by atoms with Crippen molar-refractivity contribution in [2.24, 2.45) is 11.7 Å². The fourth-order valence-electron chi connectivity index (χ4n) is 2.92.